The molecule has 82 valence electrons. The van der Waals surface area contributed by atoms with Crippen molar-refractivity contribution in [1.29, 1.82) is 0 Å². The van der Waals surface area contributed by atoms with Crippen LogP contribution in [0.4, 0.5) is 5.69 Å². The van der Waals surface area contributed by atoms with E-state index in [-0.39, 0.29) is 12.1 Å². The average Bonchev–Trinajstić information content (AvgIpc) is 2.60. The molecule has 15 heavy (non-hydrogen) atoms. The molecule has 0 aromatic heterocycles. The Bertz CT molecular complexity index is 353. The maximum atomic E-state index is 9.73. The minimum Gasteiger partial charge on any atom is -0.391 e. The van der Waals surface area contributed by atoms with Crippen LogP contribution in [0.5, 0.6) is 0 Å². The van der Waals surface area contributed by atoms with E-state index in [1.807, 2.05) is 12.1 Å². The lowest BCUT2D eigenvalue weighted by molar-refractivity contribution is 0.172. The second-order valence-corrected chi connectivity index (χ2v) is 4.98. The van der Waals surface area contributed by atoms with Gasteiger partial charge in [0.05, 0.1) is 12.1 Å². The van der Waals surface area contributed by atoms with Crippen LogP contribution < -0.4 is 5.32 Å². The average molecular weight is 270 g/mol. The van der Waals surface area contributed by atoms with Crippen LogP contribution in [0.3, 0.4) is 0 Å². The van der Waals surface area contributed by atoms with Gasteiger partial charge in [0, 0.05) is 10.2 Å². The van der Waals surface area contributed by atoms with Crippen molar-refractivity contribution in [3.05, 3.63) is 28.2 Å². The molecule has 0 heterocycles. The molecule has 1 saturated carbocycles. The SMILES string of the molecule is Cc1cccc(N[C@H]2CCC[C@@H]2O)c1Br. The number of rotatable bonds is 2. The number of aliphatic hydroxyl groups is 1. The Morgan fingerprint density at radius 2 is 2.20 bits per heavy atom. The Labute approximate surface area is 98.8 Å². The molecule has 1 aliphatic rings. The first-order valence-electron chi connectivity index (χ1n) is 5.38. The van der Waals surface area contributed by atoms with Gasteiger partial charge in [-0.3, -0.25) is 0 Å². The second-order valence-electron chi connectivity index (χ2n) is 4.19. The Morgan fingerprint density at radius 1 is 1.40 bits per heavy atom. The van der Waals surface area contributed by atoms with Crippen LogP contribution in [0, 0.1) is 6.92 Å². The van der Waals surface area contributed by atoms with Crippen LogP contribution >= 0.6 is 15.9 Å². The molecular weight excluding hydrogens is 254 g/mol. The molecule has 0 saturated heterocycles. The minimum absolute atomic E-state index is 0.197. The maximum absolute atomic E-state index is 9.73. The standard InChI is InChI=1S/C12H16BrNO/c1-8-4-2-6-10(12(8)13)14-9-5-3-7-11(9)15/h2,4,6,9,11,14-15H,3,5,7H2,1H3/t9-,11-/m0/s1. The molecule has 1 aliphatic carbocycles. The summed E-state index contributed by atoms with van der Waals surface area (Å²) in [5, 5.41) is 13.1. The third kappa shape index (κ3) is 2.34. The van der Waals surface area contributed by atoms with Gasteiger partial charge in [0.25, 0.3) is 0 Å². The lowest BCUT2D eigenvalue weighted by atomic mass is 10.1. The fourth-order valence-corrected chi connectivity index (χ4v) is 2.45. The summed E-state index contributed by atoms with van der Waals surface area (Å²) in [6.07, 6.45) is 2.89. The van der Waals surface area contributed by atoms with Gasteiger partial charge in [-0.15, -0.1) is 0 Å². The van der Waals surface area contributed by atoms with Gasteiger partial charge in [-0.05, 0) is 53.7 Å². The molecule has 1 aromatic rings. The Hall–Kier alpha value is -0.540. The predicted octanol–water partition coefficient (Wildman–Crippen LogP) is 3.08. The number of benzene rings is 1. The summed E-state index contributed by atoms with van der Waals surface area (Å²) in [5.41, 5.74) is 2.30. The molecule has 1 fully saturated rings. The van der Waals surface area contributed by atoms with Crippen molar-refractivity contribution in [3.63, 3.8) is 0 Å². The number of halogens is 1. The zero-order chi connectivity index (χ0) is 10.8. The van der Waals surface area contributed by atoms with Gasteiger partial charge in [0.1, 0.15) is 0 Å². The number of anilines is 1. The van der Waals surface area contributed by atoms with Crippen LogP contribution in [0.25, 0.3) is 0 Å². The topological polar surface area (TPSA) is 32.3 Å². The summed E-state index contributed by atoms with van der Waals surface area (Å²) in [5.74, 6) is 0. The fourth-order valence-electron chi connectivity index (χ4n) is 2.07. The highest BCUT2D eigenvalue weighted by Crippen LogP contribution is 2.29. The van der Waals surface area contributed by atoms with Gasteiger partial charge in [0.2, 0.25) is 0 Å². The lowest BCUT2D eigenvalue weighted by Crippen LogP contribution is -2.28. The van der Waals surface area contributed by atoms with Crippen LogP contribution in [-0.2, 0) is 0 Å². The molecule has 0 spiro atoms. The summed E-state index contributed by atoms with van der Waals surface area (Å²) in [4.78, 5) is 0. The zero-order valence-corrected chi connectivity index (χ0v) is 10.4. The highest BCUT2D eigenvalue weighted by Gasteiger charge is 2.25. The van der Waals surface area contributed by atoms with Gasteiger partial charge in [-0.25, -0.2) is 0 Å². The second kappa shape index (κ2) is 4.54. The summed E-state index contributed by atoms with van der Waals surface area (Å²) in [6.45, 7) is 2.07. The van der Waals surface area contributed by atoms with E-state index < -0.39 is 0 Å². The molecule has 1 aromatic carbocycles. The highest BCUT2D eigenvalue weighted by molar-refractivity contribution is 9.10. The molecule has 0 radical (unpaired) electrons. The van der Waals surface area contributed by atoms with E-state index in [1.54, 1.807) is 0 Å². The Morgan fingerprint density at radius 3 is 2.87 bits per heavy atom. The fraction of sp³-hybridized carbons (Fsp3) is 0.500. The van der Waals surface area contributed by atoms with Crippen LogP contribution in [0.2, 0.25) is 0 Å². The summed E-state index contributed by atoms with van der Waals surface area (Å²) in [6, 6.07) is 6.36. The molecule has 2 N–H and O–H groups in total. The first-order valence-corrected chi connectivity index (χ1v) is 6.17. The van der Waals surface area contributed by atoms with E-state index in [4.69, 9.17) is 0 Å². The monoisotopic (exact) mass is 269 g/mol. The molecule has 0 bridgehead atoms. The van der Waals surface area contributed by atoms with Gasteiger partial charge in [-0.2, -0.15) is 0 Å². The number of hydrogen-bond donors (Lipinski definition) is 2. The van der Waals surface area contributed by atoms with E-state index in [0.717, 1.165) is 29.4 Å². The van der Waals surface area contributed by atoms with Crippen molar-refractivity contribution in [2.45, 2.75) is 38.3 Å². The van der Waals surface area contributed by atoms with E-state index in [0.29, 0.717) is 0 Å². The third-order valence-corrected chi connectivity index (χ3v) is 4.06. The summed E-state index contributed by atoms with van der Waals surface area (Å²) >= 11 is 3.56. The zero-order valence-electron chi connectivity index (χ0n) is 8.83. The first kappa shape index (κ1) is 11.0. The van der Waals surface area contributed by atoms with Crippen LogP contribution in [0.15, 0.2) is 22.7 Å². The first-order chi connectivity index (χ1) is 7.18. The van der Waals surface area contributed by atoms with Crippen LogP contribution in [-0.4, -0.2) is 17.3 Å². The predicted molar refractivity (Wildman–Crippen MR) is 66.1 cm³/mol. The smallest absolute Gasteiger partial charge is 0.0741 e. The van der Waals surface area contributed by atoms with Gasteiger partial charge in [-0.1, -0.05) is 12.1 Å². The third-order valence-electron chi connectivity index (χ3n) is 3.01. The Balaban J connectivity index is 2.13. The van der Waals surface area contributed by atoms with Gasteiger partial charge >= 0.3 is 0 Å². The Kier molecular flexibility index (Phi) is 3.32. The summed E-state index contributed by atoms with van der Waals surface area (Å²) in [7, 11) is 0. The quantitative estimate of drug-likeness (QED) is 0.865. The highest BCUT2D eigenvalue weighted by atomic mass is 79.9. The molecule has 0 aliphatic heterocycles. The van der Waals surface area contributed by atoms with E-state index >= 15 is 0 Å². The van der Waals surface area contributed by atoms with E-state index in [9.17, 15) is 5.11 Å². The van der Waals surface area contributed by atoms with E-state index in [1.165, 1.54) is 5.56 Å². The number of aliphatic hydroxyl groups excluding tert-OH is 1. The van der Waals surface area contributed by atoms with Crippen molar-refractivity contribution in [1.82, 2.24) is 0 Å². The van der Waals surface area contributed by atoms with Crippen molar-refractivity contribution in [2.24, 2.45) is 0 Å². The lowest BCUT2D eigenvalue weighted by Gasteiger charge is -2.19. The van der Waals surface area contributed by atoms with E-state index in [2.05, 4.69) is 34.2 Å². The van der Waals surface area contributed by atoms with Crippen molar-refractivity contribution < 1.29 is 5.11 Å². The molecular formula is C12H16BrNO. The van der Waals surface area contributed by atoms with Gasteiger partial charge in [0.15, 0.2) is 0 Å². The maximum Gasteiger partial charge on any atom is 0.0741 e. The molecule has 3 heteroatoms. The number of aryl methyl sites for hydroxylation is 1. The van der Waals surface area contributed by atoms with Crippen LogP contribution in [0.1, 0.15) is 24.8 Å². The van der Waals surface area contributed by atoms with Crippen molar-refractivity contribution >= 4 is 21.6 Å². The van der Waals surface area contributed by atoms with Crippen molar-refractivity contribution in [2.75, 3.05) is 5.32 Å². The molecule has 2 nitrogen and oxygen atoms in total. The molecule has 2 atom stereocenters. The minimum atomic E-state index is -0.197. The molecule has 0 unspecified atom stereocenters. The van der Waals surface area contributed by atoms with Gasteiger partial charge < -0.3 is 10.4 Å². The number of nitrogens with one attached hydrogen (secondary N) is 1. The van der Waals surface area contributed by atoms with Crippen molar-refractivity contribution in [3.8, 4) is 0 Å². The molecule has 2 rings (SSSR count). The number of hydrogen-bond acceptors (Lipinski definition) is 2. The largest absolute Gasteiger partial charge is 0.391 e. The molecule has 0 amide bonds. The summed E-state index contributed by atoms with van der Waals surface area (Å²) < 4.78 is 1.10. The normalized spacial score (nSPS) is 25.5.